The van der Waals surface area contributed by atoms with E-state index in [2.05, 4.69) is 0 Å². The number of primary amides is 1. The first-order valence-corrected chi connectivity index (χ1v) is 4.26. The van der Waals surface area contributed by atoms with Crippen LogP contribution in [0.1, 0.15) is 23.7 Å². The van der Waals surface area contributed by atoms with E-state index in [1.807, 2.05) is 6.92 Å². The van der Waals surface area contributed by atoms with Crippen LogP contribution in [0.4, 0.5) is 0 Å². The number of carbonyl (C=O) groups excluding carboxylic acids is 1. The van der Waals surface area contributed by atoms with Crippen molar-refractivity contribution in [1.82, 2.24) is 0 Å². The zero-order chi connectivity index (χ0) is 9.68. The molecular weight excluding hydrogens is 166 g/mol. The van der Waals surface area contributed by atoms with Gasteiger partial charge in [-0.05, 0) is 30.7 Å². The molecule has 2 N–H and O–H groups in total. The lowest BCUT2D eigenvalue weighted by molar-refractivity contribution is 0.100. The van der Waals surface area contributed by atoms with Crippen molar-refractivity contribution in [2.45, 2.75) is 13.3 Å². The molecule has 1 aromatic carbocycles. The Morgan fingerprint density at radius 1 is 1.38 bits per heavy atom. The van der Waals surface area contributed by atoms with Crippen LogP contribution in [0.2, 0.25) is 0 Å². The molecule has 0 aliphatic carbocycles. The molecule has 0 aromatic heterocycles. The van der Waals surface area contributed by atoms with Crippen molar-refractivity contribution in [3.8, 4) is 5.75 Å². The molecule has 70 valence electrons. The number of hydrogen-bond donors (Lipinski definition) is 1. The molecular formula is C10H13NO2. The molecule has 1 amide bonds. The molecule has 0 saturated carbocycles. The van der Waals surface area contributed by atoms with Crippen LogP contribution in [0.5, 0.6) is 5.75 Å². The summed E-state index contributed by atoms with van der Waals surface area (Å²) >= 11 is 0. The Morgan fingerprint density at radius 3 is 2.46 bits per heavy atom. The van der Waals surface area contributed by atoms with Gasteiger partial charge in [0, 0.05) is 5.56 Å². The van der Waals surface area contributed by atoms with E-state index in [0.717, 1.165) is 12.2 Å². The van der Waals surface area contributed by atoms with Gasteiger partial charge in [0.2, 0.25) is 5.91 Å². The molecule has 1 rings (SSSR count). The zero-order valence-electron chi connectivity index (χ0n) is 7.62. The third kappa shape index (κ3) is 2.78. The average molecular weight is 179 g/mol. The van der Waals surface area contributed by atoms with Crippen LogP contribution in [-0.2, 0) is 0 Å². The summed E-state index contributed by atoms with van der Waals surface area (Å²) in [5.74, 6) is 0.355. The average Bonchev–Trinajstić information content (AvgIpc) is 2.15. The highest BCUT2D eigenvalue weighted by atomic mass is 16.5. The predicted molar refractivity (Wildman–Crippen MR) is 50.7 cm³/mol. The van der Waals surface area contributed by atoms with Gasteiger partial charge in [-0.2, -0.15) is 0 Å². The van der Waals surface area contributed by atoms with E-state index in [1.54, 1.807) is 24.3 Å². The summed E-state index contributed by atoms with van der Waals surface area (Å²) in [6.07, 6.45) is 0.970. The number of nitrogens with two attached hydrogens (primary N) is 1. The summed E-state index contributed by atoms with van der Waals surface area (Å²) in [5, 5.41) is 0. The van der Waals surface area contributed by atoms with Gasteiger partial charge in [0.1, 0.15) is 5.75 Å². The Labute approximate surface area is 77.5 Å². The largest absolute Gasteiger partial charge is 0.494 e. The fourth-order valence-electron chi connectivity index (χ4n) is 0.935. The van der Waals surface area contributed by atoms with Gasteiger partial charge in [-0.3, -0.25) is 4.79 Å². The first kappa shape index (κ1) is 9.58. The molecule has 13 heavy (non-hydrogen) atoms. The Bertz CT molecular complexity index is 279. The van der Waals surface area contributed by atoms with Crippen molar-refractivity contribution < 1.29 is 9.53 Å². The summed E-state index contributed by atoms with van der Waals surface area (Å²) in [6.45, 7) is 2.73. The summed E-state index contributed by atoms with van der Waals surface area (Å²) < 4.78 is 5.34. The number of ether oxygens (including phenoxy) is 1. The van der Waals surface area contributed by atoms with Crippen LogP contribution in [0.3, 0.4) is 0 Å². The second-order valence-electron chi connectivity index (χ2n) is 2.74. The highest BCUT2D eigenvalue weighted by Gasteiger charge is 1.99. The molecule has 0 spiro atoms. The molecule has 3 heteroatoms. The summed E-state index contributed by atoms with van der Waals surface area (Å²) in [4.78, 5) is 10.7. The van der Waals surface area contributed by atoms with Gasteiger partial charge in [0.05, 0.1) is 6.61 Å². The maximum atomic E-state index is 10.7. The molecule has 0 bridgehead atoms. The quantitative estimate of drug-likeness (QED) is 0.762. The maximum absolute atomic E-state index is 10.7. The molecule has 1 aromatic rings. The third-order valence-corrected chi connectivity index (χ3v) is 1.61. The summed E-state index contributed by atoms with van der Waals surface area (Å²) in [7, 11) is 0. The van der Waals surface area contributed by atoms with Gasteiger partial charge in [-0.25, -0.2) is 0 Å². The van der Waals surface area contributed by atoms with Gasteiger partial charge < -0.3 is 10.5 Å². The van der Waals surface area contributed by atoms with Gasteiger partial charge in [-0.15, -0.1) is 0 Å². The Balaban J connectivity index is 2.64. The highest BCUT2D eigenvalue weighted by molar-refractivity contribution is 5.92. The van der Waals surface area contributed by atoms with E-state index in [1.165, 1.54) is 0 Å². The molecule has 0 aliphatic heterocycles. The normalized spacial score (nSPS) is 9.62. The van der Waals surface area contributed by atoms with Crippen molar-refractivity contribution in [1.29, 1.82) is 0 Å². The molecule has 3 nitrogen and oxygen atoms in total. The van der Waals surface area contributed by atoms with Gasteiger partial charge in [0.15, 0.2) is 0 Å². The Morgan fingerprint density at radius 2 is 2.00 bits per heavy atom. The number of carbonyl (C=O) groups is 1. The van der Waals surface area contributed by atoms with Crippen LogP contribution in [0.25, 0.3) is 0 Å². The van der Waals surface area contributed by atoms with Crippen LogP contribution in [0, 0.1) is 0 Å². The number of amides is 1. The van der Waals surface area contributed by atoms with Crippen molar-refractivity contribution in [2.24, 2.45) is 5.73 Å². The minimum atomic E-state index is -0.415. The fraction of sp³-hybridized carbons (Fsp3) is 0.300. The first-order valence-electron chi connectivity index (χ1n) is 4.26. The van der Waals surface area contributed by atoms with Crippen LogP contribution in [0.15, 0.2) is 24.3 Å². The van der Waals surface area contributed by atoms with Crippen molar-refractivity contribution in [3.63, 3.8) is 0 Å². The van der Waals surface area contributed by atoms with Crippen LogP contribution < -0.4 is 10.5 Å². The van der Waals surface area contributed by atoms with Crippen molar-refractivity contribution in [3.05, 3.63) is 29.8 Å². The SMILES string of the molecule is CCCOc1ccc(C(N)=O)cc1. The molecule has 0 atom stereocenters. The molecule has 0 saturated heterocycles. The van der Waals surface area contributed by atoms with E-state index in [9.17, 15) is 4.79 Å². The predicted octanol–water partition coefficient (Wildman–Crippen LogP) is 1.57. The minimum Gasteiger partial charge on any atom is -0.494 e. The zero-order valence-corrected chi connectivity index (χ0v) is 7.62. The fourth-order valence-corrected chi connectivity index (χ4v) is 0.935. The molecule has 0 fully saturated rings. The van der Waals surface area contributed by atoms with Crippen LogP contribution >= 0.6 is 0 Å². The van der Waals surface area contributed by atoms with Gasteiger partial charge in [-0.1, -0.05) is 6.92 Å². The highest BCUT2D eigenvalue weighted by Crippen LogP contribution is 2.11. The number of benzene rings is 1. The number of hydrogen-bond acceptors (Lipinski definition) is 2. The van der Waals surface area contributed by atoms with E-state index in [0.29, 0.717) is 12.2 Å². The monoisotopic (exact) mass is 179 g/mol. The first-order chi connectivity index (χ1) is 6.24. The van der Waals surface area contributed by atoms with Crippen LogP contribution in [-0.4, -0.2) is 12.5 Å². The topological polar surface area (TPSA) is 52.3 Å². The third-order valence-electron chi connectivity index (χ3n) is 1.61. The van der Waals surface area contributed by atoms with E-state index in [-0.39, 0.29) is 0 Å². The smallest absolute Gasteiger partial charge is 0.248 e. The maximum Gasteiger partial charge on any atom is 0.248 e. The number of rotatable bonds is 4. The van der Waals surface area contributed by atoms with Crippen molar-refractivity contribution >= 4 is 5.91 Å². The summed E-state index contributed by atoms with van der Waals surface area (Å²) in [6, 6.07) is 6.81. The van der Waals surface area contributed by atoms with E-state index >= 15 is 0 Å². The molecule has 0 heterocycles. The molecule has 0 unspecified atom stereocenters. The van der Waals surface area contributed by atoms with Crippen molar-refractivity contribution in [2.75, 3.05) is 6.61 Å². The standard InChI is InChI=1S/C10H13NO2/c1-2-7-13-9-5-3-8(4-6-9)10(11)12/h3-6H,2,7H2,1H3,(H2,11,12). The minimum absolute atomic E-state index is 0.415. The lowest BCUT2D eigenvalue weighted by atomic mass is 10.2. The molecule has 0 radical (unpaired) electrons. The lowest BCUT2D eigenvalue weighted by Crippen LogP contribution is -2.10. The second-order valence-corrected chi connectivity index (χ2v) is 2.74. The second kappa shape index (κ2) is 4.50. The van der Waals surface area contributed by atoms with E-state index in [4.69, 9.17) is 10.5 Å². The Hall–Kier alpha value is -1.51. The molecule has 0 aliphatic rings. The van der Waals surface area contributed by atoms with Gasteiger partial charge >= 0.3 is 0 Å². The van der Waals surface area contributed by atoms with E-state index < -0.39 is 5.91 Å². The Kier molecular flexibility index (Phi) is 3.31. The lowest BCUT2D eigenvalue weighted by Gasteiger charge is -2.03. The summed E-state index contributed by atoms with van der Waals surface area (Å²) in [5.41, 5.74) is 5.59. The van der Waals surface area contributed by atoms with Gasteiger partial charge in [0.25, 0.3) is 0 Å².